The van der Waals surface area contributed by atoms with Gasteiger partial charge in [-0.3, -0.25) is 0 Å². The van der Waals surface area contributed by atoms with Crippen LogP contribution in [-0.4, -0.2) is 18.2 Å². The molecule has 7 heteroatoms. The number of rotatable bonds is 2. The lowest BCUT2D eigenvalue weighted by Gasteiger charge is -2.07. The lowest BCUT2D eigenvalue weighted by atomic mass is 10.1. The lowest BCUT2D eigenvalue weighted by molar-refractivity contribution is -0.137. The zero-order chi connectivity index (χ0) is 14.0. The van der Waals surface area contributed by atoms with Gasteiger partial charge in [-0.15, -0.1) is 0 Å². The summed E-state index contributed by atoms with van der Waals surface area (Å²) in [6.45, 7) is 0. The molecule has 0 fully saturated rings. The second-order valence-corrected chi connectivity index (χ2v) is 3.59. The van der Waals surface area contributed by atoms with Gasteiger partial charge in [0, 0.05) is 5.56 Å². The second-order valence-electron chi connectivity index (χ2n) is 3.59. The zero-order valence-corrected chi connectivity index (χ0v) is 9.69. The first-order valence-electron chi connectivity index (χ1n) is 5.15. The minimum Gasteiger partial charge on any atom is -0.464 e. The van der Waals surface area contributed by atoms with Gasteiger partial charge in [0.2, 0.25) is 5.69 Å². The Morgan fingerprint density at radius 2 is 1.89 bits per heavy atom. The van der Waals surface area contributed by atoms with Crippen molar-refractivity contribution in [3.63, 3.8) is 0 Å². The Labute approximate surface area is 105 Å². The number of alkyl halides is 3. The normalized spacial score (nSPS) is 11.4. The first-order valence-corrected chi connectivity index (χ1v) is 5.15. The summed E-state index contributed by atoms with van der Waals surface area (Å²) >= 11 is 0. The summed E-state index contributed by atoms with van der Waals surface area (Å²) in [5, 5.41) is 3.16. The van der Waals surface area contributed by atoms with E-state index in [2.05, 4.69) is 14.4 Å². The van der Waals surface area contributed by atoms with Crippen LogP contribution >= 0.6 is 0 Å². The number of ether oxygens (including phenoxy) is 1. The summed E-state index contributed by atoms with van der Waals surface area (Å²) in [7, 11) is 0.972. The van der Waals surface area contributed by atoms with Gasteiger partial charge in [-0.1, -0.05) is 35.5 Å². The van der Waals surface area contributed by atoms with Crippen molar-refractivity contribution in [2.75, 3.05) is 7.11 Å². The number of halogens is 3. The highest BCUT2D eigenvalue weighted by Crippen LogP contribution is 2.39. The van der Waals surface area contributed by atoms with Gasteiger partial charge in [-0.05, 0) is 0 Å². The van der Waals surface area contributed by atoms with Crippen LogP contribution in [-0.2, 0) is 10.9 Å². The van der Waals surface area contributed by atoms with E-state index in [9.17, 15) is 18.0 Å². The van der Waals surface area contributed by atoms with E-state index in [1.165, 1.54) is 12.1 Å². The third-order valence-corrected chi connectivity index (χ3v) is 2.39. The van der Waals surface area contributed by atoms with Crippen LogP contribution in [0.25, 0.3) is 11.3 Å². The minimum atomic E-state index is -4.77. The van der Waals surface area contributed by atoms with Gasteiger partial charge >= 0.3 is 12.1 Å². The summed E-state index contributed by atoms with van der Waals surface area (Å²) in [4.78, 5) is 11.3. The maximum Gasteiger partial charge on any atom is 0.422 e. The van der Waals surface area contributed by atoms with Crippen molar-refractivity contribution < 1.29 is 27.2 Å². The molecule has 1 heterocycles. The molecule has 4 nitrogen and oxygen atoms in total. The first-order chi connectivity index (χ1) is 8.95. The second kappa shape index (κ2) is 4.75. The molecule has 0 aliphatic heterocycles. The summed E-state index contributed by atoms with van der Waals surface area (Å²) in [6, 6.07) is 7.60. The molecule has 0 unspecified atom stereocenters. The molecule has 0 aliphatic rings. The number of carbonyl (C=O) groups is 1. The zero-order valence-electron chi connectivity index (χ0n) is 9.69. The Morgan fingerprint density at radius 3 is 2.42 bits per heavy atom. The predicted octanol–water partition coefficient (Wildman–Crippen LogP) is 3.15. The van der Waals surface area contributed by atoms with Crippen molar-refractivity contribution in [3.8, 4) is 11.3 Å². The Bertz CT molecular complexity index is 590. The summed E-state index contributed by atoms with van der Waals surface area (Å²) in [6.07, 6.45) is -4.77. The van der Waals surface area contributed by atoms with E-state index < -0.39 is 29.2 Å². The van der Waals surface area contributed by atoms with Crippen LogP contribution in [0.4, 0.5) is 13.2 Å². The molecule has 2 aromatic rings. The molecule has 0 radical (unpaired) electrons. The van der Waals surface area contributed by atoms with Gasteiger partial charge in [0.1, 0.15) is 5.56 Å². The molecule has 0 saturated carbocycles. The van der Waals surface area contributed by atoms with Crippen LogP contribution in [0.15, 0.2) is 34.9 Å². The van der Waals surface area contributed by atoms with E-state index in [1.54, 1.807) is 18.2 Å². The Hall–Kier alpha value is -2.31. The summed E-state index contributed by atoms with van der Waals surface area (Å²) < 4.78 is 48.0. The fourth-order valence-electron chi connectivity index (χ4n) is 1.58. The number of carbonyl (C=O) groups excluding carboxylic acids is 1. The molecule has 0 amide bonds. The molecule has 100 valence electrons. The van der Waals surface area contributed by atoms with Crippen molar-refractivity contribution in [1.29, 1.82) is 0 Å². The largest absolute Gasteiger partial charge is 0.464 e. The van der Waals surface area contributed by atoms with E-state index in [-0.39, 0.29) is 5.56 Å². The van der Waals surface area contributed by atoms with Crippen LogP contribution in [0.3, 0.4) is 0 Å². The molecule has 0 bridgehead atoms. The van der Waals surface area contributed by atoms with Crippen LogP contribution in [0.5, 0.6) is 0 Å². The average molecular weight is 271 g/mol. The first kappa shape index (κ1) is 13.1. The van der Waals surface area contributed by atoms with Gasteiger partial charge in [-0.25, -0.2) is 4.79 Å². The third-order valence-electron chi connectivity index (χ3n) is 2.39. The van der Waals surface area contributed by atoms with Gasteiger partial charge in [-0.2, -0.15) is 13.2 Å². The van der Waals surface area contributed by atoms with Crippen molar-refractivity contribution >= 4 is 5.97 Å². The topological polar surface area (TPSA) is 52.3 Å². The SMILES string of the molecule is COC(=O)c1noc(-c2ccccc2)c1C(F)(F)F. The molecule has 0 aliphatic carbocycles. The predicted molar refractivity (Wildman–Crippen MR) is 58.3 cm³/mol. The van der Waals surface area contributed by atoms with E-state index in [0.717, 1.165) is 7.11 Å². The molecule has 0 atom stereocenters. The number of hydrogen-bond acceptors (Lipinski definition) is 4. The minimum absolute atomic E-state index is 0.178. The van der Waals surface area contributed by atoms with Crippen LogP contribution in [0.2, 0.25) is 0 Å². The number of methoxy groups -OCH3 is 1. The Morgan fingerprint density at radius 1 is 1.26 bits per heavy atom. The average Bonchev–Trinajstić information content (AvgIpc) is 2.83. The Kier molecular flexibility index (Phi) is 3.28. The van der Waals surface area contributed by atoms with E-state index in [1.807, 2.05) is 0 Å². The standard InChI is InChI=1S/C12H8F3NO3/c1-18-11(17)9-8(12(13,14)15)10(19-16-9)7-5-3-2-4-6-7/h2-6H,1H3. The van der Waals surface area contributed by atoms with Gasteiger partial charge in [0.15, 0.2) is 5.76 Å². The van der Waals surface area contributed by atoms with Crippen molar-refractivity contribution in [2.24, 2.45) is 0 Å². The van der Waals surface area contributed by atoms with E-state index >= 15 is 0 Å². The molecule has 0 saturated heterocycles. The van der Waals surface area contributed by atoms with Gasteiger partial charge in [0.05, 0.1) is 7.11 Å². The molecule has 19 heavy (non-hydrogen) atoms. The monoisotopic (exact) mass is 271 g/mol. The van der Waals surface area contributed by atoms with E-state index in [4.69, 9.17) is 0 Å². The molecule has 1 aromatic heterocycles. The third kappa shape index (κ3) is 2.44. The van der Waals surface area contributed by atoms with Crippen LogP contribution in [0, 0.1) is 0 Å². The number of esters is 1. The highest BCUT2D eigenvalue weighted by molar-refractivity contribution is 5.91. The molecule has 2 rings (SSSR count). The van der Waals surface area contributed by atoms with E-state index in [0.29, 0.717) is 0 Å². The molecule has 1 aromatic carbocycles. The molecule has 0 N–H and O–H groups in total. The van der Waals surface area contributed by atoms with Crippen molar-refractivity contribution in [1.82, 2.24) is 5.16 Å². The van der Waals surface area contributed by atoms with Crippen LogP contribution < -0.4 is 0 Å². The van der Waals surface area contributed by atoms with Gasteiger partial charge in [0.25, 0.3) is 0 Å². The number of nitrogens with zero attached hydrogens (tertiary/aromatic N) is 1. The molecular formula is C12H8F3NO3. The van der Waals surface area contributed by atoms with Crippen molar-refractivity contribution in [3.05, 3.63) is 41.6 Å². The Balaban J connectivity index is 2.64. The van der Waals surface area contributed by atoms with Crippen LogP contribution in [0.1, 0.15) is 16.1 Å². The fraction of sp³-hybridized carbons (Fsp3) is 0.167. The number of aromatic nitrogens is 1. The summed E-state index contributed by atoms with van der Waals surface area (Å²) in [5.41, 5.74) is -1.93. The maximum absolute atomic E-state index is 13.0. The maximum atomic E-state index is 13.0. The summed E-state index contributed by atoms with van der Waals surface area (Å²) in [5.74, 6) is -1.70. The van der Waals surface area contributed by atoms with Gasteiger partial charge < -0.3 is 9.26 Å². The smallest absolute Gasteiger partial charge is 0.422 e. The lowest BCUT2D eigenvalue weighted by Crippen LogP contribution is -2.13. The number of benzene rings is 1. The highest BCUT2D eigenvalue weighted by atomic mass is 19.4. The highest BCUT2D eigenvalue weighted by Gasteiger charge is 2.43. The number of hydrogen-bond donors (Lipinski definition) is 0. The quantitative estimate of drug-likeness (QED) is 0.787. The molecule has 0 spiro atoms. The van der Waals surface area contributed by atoms with Crippen molar-refractivity contribution in [2.45, 2.75) is 6.18 Å². The fourth-order valence-corrected chi connectivity index (χ4v) is 1.58. The molecular weight excluding hydrogens is 263 g/mol.